The largest absolute Gasteiger partial charge is 0.377 e. The van der Waals surface area contributed by atoms with E-state index in [9.17, 15) is 8.42 Å². The van der Waals surface area contributed by atoms with Crippen LogP contribution in [0.2, 0.25) is 0 Å². The fraction of sp³-hybridized carbons (Fsp3) is 0.333. The molecule has 0 bridgehead atoms. The summed E-state index contributed by atoms with van der Waals surface area (Å²) in [5.74, 6) is 0. The lowest BCUT2D eigenvalue weighted by Crippen LogP contribution is -2.13. The average molecular weight is 215 g/mol. The summed E-state index contributed by atoms with van der Waals surface area (Å²) < 4.78 is 31.1. The molecule has 5 heteroatoms. The summed E-state index contributed by atoms with van der Waals surface area (Å²) in [6.07, 6.45) is 0. The monoisotopic (exact) mass is 215 g/mol. The Morgan fingerprint density at radius 3 is 2.29 bits per heavy atom. The molecule has 0 radical (unpaired) electrons. The fourth-order valence-corrected chi connectivity index (χ4v) is 2.05. The van der Waals surface area contributed by atoms with E-state index in [2.05, 4.69) is 0 Å². The highest BCUT2D eigenvalue weighted by Gasteiger charge is 2.16. The van der Waals surface area contributed by atoms with Crippen molar-refractivity contribution in [3.8, 4) is 0 Å². The second kappa shape index (κ2) is 3.59. The first kappa shape index (κ1) is 11.0. The van der Waals surface area contributed by atoms with Crippen LogP contribution >= 0.6 is 0 Å². The van der Waals surface area contributed by atoms with E-state index in [0.717, 1.165) is 5.56 Å². The van der Waals surface area contributed by atoms with E-state index in [-0.39, 0.29) is 4.90 Å². The topological polar surface area (TPSA) is 57.6 Å². The summed E-state index contributed by atoms with van der Waals surface area (Å²) >= 11 is 0. The molecule has 1 aromatic carbocycles. The van der Waals surface area contributed by atoms with Crippen molar-refractivity contribution in [3.63, 3.8) is 0 Å². The molecule has 1 N–H and O–H groups in total. The SMILES string of the molecule is Cc1ccc(N(C)C)c(S(=O)(=O)O)c1. The van der Waals surface area contributed by atoms with E-state index in [4.69, 9.17) is 4.55 Å². The lowest BCUT2D eigenvalue weighted by atomic mass is 10.2. The van der Waals surface area contributed by atoms with Crippen LogP contribution in [0.4, 0.5) is 5.69 Å². The van der Waals surface area contributed by atoms with Gasteiger partial charge in [-0.15, -0.1) is 0 Å². The summed E-state index contributed by atoms with van der Waals surface area (Å²) in [6, 6.07) is 4.91. The number of benzene rings is 1. The lowest BCUT2D eigenvalue weighted by Gasteiger charge is -2.16. The molecule has 0 aromatic heterocycles. The van der Waals surface area contributed by atoms with Crippen molar-refractivity contribution in [1.29, 1.82) is 0 Å². The van der Waals surface area contributed by atoms with Crippen molar-refractivity contribution < 1.29 is 13.0 Å². The minimum atomic E-state index is -4.14. The van der Waals surface area contributed by atoms with Crippen LogP contribution < -0.4 is 4.90 Å². The molecule has 14 heavy (non-hydrogen) atoms. The van der Waals surface area contributed by atoms with E-state index < -0.39 is 10.1 Å². The van der Waals surface area contributed by atoms with Crippen LogP contribution in [0.3, 0.4) is 0 Å². The normalized spacial score (nSPS) is 11.4. The van der Waals surface area contributed by atoms with Crippen LogP contribution in [0.5, 0.6) is 0 Å². The van der Waals surface area contributed by atoms with Crippen LogP contribution in [0.25, 0.3) is 0 Å². The Labute approximate surface area is 83.9 Å². The molecule has 1 aromatic rings. The number of aryl methyl sites for hydroxylation is 1. The van der Waals surface area contributed by atoms with E-state index in [0.29, 0.717) is 5.69 Å². The van der Waals surface area contributed by atoms with Crippen LogP contribution in [-0.4, -0.2) is 27.1 Å². The first-order valence-electron chi connectivity index (χ1n) is 4.08. The predicted octanol–water partition coefficient (Wildman–Crippen LogP) is 1.31. The first-order valence-corrected chi connectivity index (χ1v) is 5.52. The van der Waals surface area contributed by atoms with Gasteiger partial charge in [0.1, 0.15) is 4.90 Å². The molecule has 0 atom stereocenters. The van der Waals surface area contributed by atoms with Gasteiger partial charge in [-0.25, -0.2) is 0 Å². The molecule has 0 heterocycles. The highest BCUT2D eigenvalue weighted by molar-refractivity contribution is 7.86. The van der Waals surface area contributed by atoms with Gasteiger partial charge in [0.05, 0.1) is 5.69 Å². The molecular weight excluding hydrogens is 202 g/mol. The first-order chi connectivity index (χ1) is 6.32. The molecule has 0 aliphatic carbocycles. The van der Waals surface area contributed by atoms with E-state index in [1.54, 1.807) is 38.1 Å². The second-order valence-corrected chi connectivity index (χ2v) is 4.73. The number of anilines is 1. The molecule has 0 amide bonds. The Balaban J connectivity index is 3.46. The van der Waals surface area contributed by atoms with Gasteiger partial charge in [0.15, 0.2) is 0 Å². The predicted molar refractivity (Wildman–Crippen MR) is 55.3 cm³/mol. The highest BCUT2D eigenvalue weighted by Crippen LogP contribution is 2.24. The number of rotatable bonds is 2. The quantitative estimate of drug-likeness (QED) is 0.756. The van der Waals surface area contributed by atoms with Gasteiger partial charge in [0, 0.05) is 14.1 Å². The lowest BCUT2D eigenvalue weighted by molar-refractivity contribution is 0.483. The minimum Gasteiger partial charge on any atom is -0.377 e. The number of hydrogen-bond acceptors (Lipinski definition) is 3. The zero-order valence-electron chi connectivity index (χ0n) is 8.35. The summed E-state index contributed by atoms with van der Waals surface area (Å²) in [4.78, 5) is 1.59. The standard InChI is InChI=1S/C9H13NO3S/c1-7-4-5-8(10(2)3)9(6-7)14(11,12)13/h4-6H,1-3H3,(H,11,12,13). The van der Waals surface area contributed by atoms with Gasteiger partial charge in [0.25, 0.3) is 10.1 Å². The van der Waals surface area contributed by atoms with Crippen molar-refractivity contribution >= 4 is 15.8 Å². The van der Waals surface area contributed by atoms with Crippen LogP contribution in [0.1, 0.15) is 5.56 Å². The van der Waals surface area contributed by atoms with E-state index >= 15 is 0 Å². The van der Waals surface area contributed by atoms with Crippen molar-refractivity contribution in [2.24, 2.45) is 0 Å². The molecule has 0 unspecified atom stereocenters. The molecule has 0 aliphatic heterocycles. The van der Waals surface area contributed by atoms with Crippen molar-refractivity contribution in [2.45, 2.75) is 11.8 Å². The Morgan fingerprint density at radius 1 is 1.29 bits per heavy atom. The number of hydrogen-bond donors (Lipinski definition) is 1. The zero-order valence-corrected chi connectivity index (χ0v) is 9.17. The van der Waals surface area contributed by atoms with Crippen molar-refractivity contribution in [1.82, 2.24) is 0 Å². The molecule has 0 saturated heterocycles. The van der Waals surface area contributed by atoms with Gasteiger partial charge in [0.2, 0.25) is 0 Å². The van der Waals surface area contributed by atoms with Gasteiger partial charge in [-0.05, 0) is 24.6 Å². The van der Waals surface area contributed by atoms with Gasteiger partial charge in [-0.3, -0.25) is 4.55 Å². The third kappa shape index (κ3) is 2.24. The van der Waals surface area contributed by atoms with E-state index in [1.807, 2.05) is 0 Å². The Morgan fingerprint density at radius 2 is 1.86 bits per heavy atom. The molecule has 0 saturated carbocycles. The Hall–Kier alpha value is -1.07. The average Bonchev–Trinajstić information content (AvgIpc) is 2.01. The Kier molecular flexibility index (Phi) is 2.82. The summed E-state index contributed by atoms with van der Waals surface area (Å²) in [5.41, 5.74) is 1.28. The van der Waals surface area contributed by atoms with Gasteiger partial charge < -0.3 is 4.90 Å². The van der Waals surface area contributed by atoms with Crippen LogP contribution in [-0.2, 0) is 10.1 Å². The zero-order chi connectivity index (χ0) is 10.9. The third-order valence-electron chi connectivity index (χ3n) is 1.88. The smallest absolute Gasteiger partial charge is 0.296 e. The maximum atomic E-state index is 11.0. The Bertz CT molecular complexity index is 437. The fourth-order valence-electron chi connectivity index (χ4n) is 1.20. The molecule has 0 fully saturated rings. The minimum absolute atomic E-state index is 0.0532. The molecule has 1 rings (SSSR count). The molecule has 78 valence electrons. The van der Waals surface area contributed by atoms with Gasteiger partial charge in [-0.2, -0.15) is 8.42 Å². The number of nitrogens with zero attached hydrogens (tertiary/aromatic N) is 1. The van der Waals surface area contributed by atoms with Crippen LogP contribution in [0.15, 0.2) is 23.1 Å². The maximum Gasteiger partial charge on any atom is 0.296 e. The van der Waals surface area contributed by atoms with Crippen molar-refractivity contribution in [3.05, 3.63) is 23.8 Å². The summed E-state index contributed by atoms with van der Waals surface area (Å²) in [5, 5.41) is 0. The summed E-state index contributed by atoms with van der Waals surface area (Å²) in [6.45, 7) is 1.77. The van der Waals surface area contributed by atoms with Crippen LogP contribution in [0, 0.1) is 6.92 Å². The third-order valence-corrected chi connectivity index (χ3v) is 2.76. The van der Waals surface area contributed by atoms with E-state index in [1.165, 1.54) is 6.07 Å². The van der Waals surface area contributed by atoms with Crippen molar-refractivity contribution in [2.75, 3.05) is 19.0 Å². The van der Waals surface area contributed by atoms with Gasteiger partial charge in [-0.1, -0.05) is 6.07 Å². The molecule has 0 spiro atoms. The second-order valence-electron chi connectivity index (χ2n) is 3.34. The molecule has 0 aliphatic rings. The molecular formula is C9H13NO3S. The highest BCUT2D eigenvalue weighted by atomic mass is 32.2. The molecule has 4 nitrogen and oxygen atoms in total. The van der Waals surface area contributed by atoms with Gasteiger partial charge >= 0.3 is 0 Å². The maximum absolute atomic E-state index is 11.0. The summed E-state index contributed by atoms with van der Waals surface area (Å²) in [7, 11) is -0.700.